The van der Waals surface area contributed by atoms with Gasteiger partial charge in [-0.25, -0.2) is 0 Å². The van der Waals surface area contributed by atoms with Gasteiger partial charge in [0.1, 0.15) is 5.75 Å². The third-order valence-corrected chi connectivity index (χ3v) is 2.18. The largest absolute Gasteiger partial charge is 0.505 e. The maximum atomic E-state index is 11.4. The summed E-state index contributed by atoms with van der Waals surface area (Å²) in [7, 11) is 0. The number of nitrogens with one attached hydrogen (secondary N) is 1. The molecule has 0 saturated heterocycles. The van der Waals surface area contributed by atoms with E-state index < -0.39 is 0 Å². The molecule has 85 valence electrons. The lowest BCUT2D eigenvalue weighted by molar-refractivity contribution is -0.116. The molecule has 0 aliphatic heterocycles. The van der Waals surface area contributed by atoms with Crippen molar-refractivity contribution in [1.29, 1.82) is 0 Å². The van der Waals surface area contributed by atoms with Gasteiger partial charge in [-0.15, -0.1) is 0 Å². The number of para-hydroxylation sites is 1. The van der Waals surface area contributed by atoms with E-state index in [1.54, 1.807) is 18.4 Å². The van der Waals surface area contributed by atoms with E-state index in [1.807, 2.05) is 6.92 Å². The van der Waals surface area contributed by atoms with E-state index in [9.17, 15) is 14.7 Å². The molecule has 1 rings (SSSR count). The molecule has 0 heterocycles. The molecule has 4 nitrogen and oxygen atoms in total. The molecule has 1 aromatic rings. The number of hydrogen-bond donors (Lipinski definition) is 2. The number of phenols is 1. The molecule has 0 aromatic heterocycles. The Labute approximate surface area is 94.3 Å². The zero-order valence-corrected chi connectivity index (χ0v) is 9.12. The first-order valence-corrected chi connectivity index (χ1v) is 5.19. The van der Waals surface area contributed by atoms with Crippen molar-refractivity contribution in [3.8, 4) is 5.75 Å². The van der Waals surface area contributed by atoms with Gasteiger partial charge in [-0.3, -0.25) is 9.59 Å². The summed E-state index contributed by atoms with van der Waals surface area (Å²) in [6, 6.07) is 4.55. The number of unbranched alkanes of at least 4 members (excludes halogenated alkanes) is 1. The fourth-order valence-electron chi connectivity index (χ4n) is 1.28. The first kappa shape index (κ1) is 12.2. The second kappa shape index (κ2) is 5.90. The normalized spacial score (nSPS) is 9.81. The van der Waals surface area contributed by atoms with Gasteiger partial charge in [0.25, 0.3) is 0 Å². The molecule has 0 spiro atoms. The highest BCUT2D eigenvalue weighted by molar-refractivity contribution is 5.94. The van der Waals surface area contributed by atoms with Crippen molar-refractivity contribution in [2.75, 3.05) is 5.32 Å². The summed E-state index contributed by atoms with van der Waals surface area (Å²) in [6.07, 6.45) is 3.74. The highest BCUT2D eigenvalue weighted by atomic mass is 16.3. The smallest absolute Gasteiger partial charge is 0.237 e. The summed E-state index contributed by atoms with van der Waals surface area (Å²) < 4.78 is 0. The molecule has 4 heteroatoms. The van der Waals surface area contributed by atoms with Gasteiger partial charge < -0.3 is 10.4 Å². The van der Waals surface area contributed by atoms with Gasteiger partial charge >= 0.3 is 0 Å². The van der Waals surface area contributed by atoms with Gasteiger partial charge in [-0.2, -0.15) is 0 Å². The lowest BCUT2D eigenvalue weighted by Crippen LogP contribution is -2.11. The Kier molecular flexibility index (Phi) is 4.51. The zero-order valence-electron chi connectivity index (χ0n) is 9.12. The maximum Gasteiger partial charge on any atom is 0.237 e. The molecule has 1 radical (unpaired) electrons. The van der Waals surface area contributed by atoms with Gasteiger partial charge in [0, 0.05) is 6.42 Å². The number of phenolic OH excluding ortho intramolecular Hbond substituents is 1. The van der Waals surface area contributed by atoms with Gasteiger partial charge in [0.05, 0.1) is 11.3 Å². The molecule has 0 aliphatic rings. The average Bonchev–Trinajstić information content (AvgIpc) is 2.29. The Hall–Kier alpha value is -1.84. The Morgan fingerprint density at radius 2 is 2.25 bits per heavy atom. The fourth-order valence-corrected chi connectivity index (χ4v) is 1.28. The zero-order chi connectivity index (χ0) is 12.0. The second-order valence-electron chi connectivity index (χ2n) is 3.46. The summed E-state index contributed by atoms with van der Waals surface area (Å²) in [5.74, 6) is -0.400. The Balaban J connectivity index is 2.73. The minimum atomic E-state index is -0.234. The summed E-state index contributed by atoms with van der Waals surface area (Å²) in [5.41, 5.74) is 0.301. The van der Waals surface area contributed by atoms with Crippen LogP contribution in [0.25, 0.3) is 0 Å². The van der Waals surface area contributed by atoms with Gasteiger partial charge in [0.15, 0.2) is 0 Å². The number of carbonyl (C=O) groups excluding carboxylic acids is 2. The summed E-state index contributed by atoms with van der Waals surface area (Å²) >= 11 is 0. The van der Waals surface area contributed by atoms with Crippen LogP contribution in [0.3, 0.4) is 0 Å². The molecule has 16 heavy (non-hydrogen) atoms. The van der Waals surface area contributed by atoms with Crippen LogP contribution >= 0.6 is 0 Å². The molecular weight excluding hydrogens is 206 g/mol. The Morgan fingerprint density at radius 3 is 2.88 bits per heavy atom. The van der Waals surface area contributed by atoms with Crippen LogP contribution in [0, 0.1) is 0 Å². The monoisotopic (exact) mass is 220 g/mol. The maximum absolute atomic E-state index is 11.4. The summed E-state index contributed by atoms with van der Waals surface area (Å²) in [4.78, 5) is 21.8. The highest BCUT2D eigenvalue weighted by Crippen LogP contribution is 2.26. The van der Waals surface area contributed by atoms with Crippen molar-refractivity contribution >= 4 is 17.9 Å². The van der Waals surface area contributed by atoms with Gasteiger partial charge in [-0.1, -0.05) is 19.4 Å². The lowest BCUT2D eigenvalue weighted by Gasteiger charge is -2.07. The molecule has 0 bridgehead atoms. The third-order valence-electron chi connectivity index (χ3n) is 2.18. The van der Waals surface area contributed by atoms with Crippen LogP contribution < -0.4 is 5.32 Å². The molecular formula is C12H14NO3. The predicted octanol–water partition coefficient (Wildman–Crippen LogP) is 1.98. The van der Waals surface area contributed by atoms with Crippen molar-refractivity contribution in [2.45, 2.75) is 26.2 Å². The molecule has 1 amide bonds. The van der Waals surface area contributed by atoms with Crippen LogP contribution in [-0.4, -0.2) is 17.3 Å². The van der Waals surface area contributed by atoms with Crippen LogP contribution in [0.1, 0.15) is 31.7 Å². The number of rotatable bonds is 5. The van der Waals surface area contributed by atoms with E-state index in [1.165, 1.54) is 6.07 Å². The van der Waals surface area contributed by atoms with Crippen LogP contribution in [0.4, 0.5) is 5.69 Å². The van der Waals surface area contributed by atoms with E-state index in [2.05, 4.69) is 5.32 Å². The topological polar surface area (TPSA) is 66.4 Å². The van der Waals surface area contributed by atoms with E-state index in [0.29, 0.717) is 6.42 Å². The van der Waals surface area contributed by atoms with Crippen LogP contribution in [0.5, 0.6) is 5.75 Å². The van der Waals surface area contributed by atoms with Gasteiger partial charge in [-0.05, 0) is 18.6 Å². The first-order chi connectivity index (χ1) is 7.69. The third kappa shape index (κ3) is 3.08. The van der Waals surface area contributed by atoms with Crippen LogP contribution in [0.2, 0.25) is 0 Å². The number of anilines is 1. The summed E-state index contributed by atoms with van der Waals surface area (Å²) in [6.45, 7) is 1.99. The SMILES string of the molecule is CCCCC(=O)Nc1cccc([C]=O)c1O. The van der Waals surface area contributed by atoms with Crippen LogP contribution in [0.15, 0.2) is 18.2 Å². The molecule has 0 unspecified atom stereocenters. The standard InChI is InChI=1S/C12H14NO3/c1-2-3-7-11(15)13-10-6-4-5-9(8-14)12(10)16/h4-6,16H,2-3,7H2,1H3,(H,13,15). The number of hydrogen-bond acceptors (Lipinski definition) is 3. The van der Waals surface area contributed by atoms with E-state index >= 15 is 0 Å². The number of aromatic hydroxyl groups is 1. The number of amides is 1. The second-order valence-corrected chi connectivity index (χ2v) is 3.46. The quantitative estimate of drug-likeness (QED) is 0.745. The molecule has 0 atom stereocenters. The van der Waals surface area contributed by atoms with Crippen molar-refractivity contribution in [3.63, 3.8) is 0 Å². The van der Waals surface area contributed by atoms with Crippen molar-refractivity contribution < 1.29 is 14.7 Å². The predicted molar refractivity (Wildman–Crippen MR) is 61.1 cm³/mol. The van der Waals surface area contributed by atoms with Gasteiger partial charge in [0.2, 0.25) is 12.2 Å². The minimum absolute atomic E-state index is 0.0493. The molecule has 0 aliphatic carbocycles. The van der Waals surface area contributed by atoms with Crippen LogP contribution in [-0.2, 0) is 9.59 Å². The molecule has 0 fully saturated rings. The van der Waals surface area contributed by atoms with Crippen molar-refractivity contribution in [3.05, 3.63) is 23.8 Å². The Morgan fingerprint density at radius 1 is 1.50 bits per heavy atom. The number of benzene rings is 1. The van der Waals surface area contributed by atoms with E-state index in [0.717, 1.165) is 12.8 Å². The Bertz CT molecular complexity index is 388. The molecule has 0 saturated carbocycles. The lowest BCUT2D eigenvalue weighted by atomic mass is 10.2. The highest BCUT2D eigenvalue weighted by Gasteiger charge is 2.09. The van der Waals surface area contributed by atoms with Crippen molar-refractivity contribution in [2.24, 2.45) is 0 Å². The number of carbonyl (C=O) groups is 1. The summed E-state index contributed by atoms with van der Waals surface area (Å²) in [5, 5.41) is 12.1. The minimum Gasteiger partial charge on any atom is -0.505 e. The first-order valence-electron chi connectivity index (χ1n) is 5.19. The fraction of sp³-hybridized carbons (Fsp3) is 0.333. The van der Waals surface area contributed by atoms with E-state index in [-0.39, 0.29) is 22.9 Å². The molecule has 1 aromatic carbocycles. The average molecular weight is 220 g/mol. The van der Waals surface area contributed by atoms with E-state index in [4.69, 9.17) is 0 Å². The molecule has 2 N–H and O–H groups in total. The van der Waals surface area contributed by atoms with Crippen molar-refractivity contribution in [1.82, 2.24) is 0 Å².